The lowest BCUT2D eigenvalue weighted by molar-refractivity contribution is 0.415. The van der Waals surface area contributed by atoms with Gasteiger partial charge in [-0.05, 0) is 56.3 Å². The summed E-state index contributed by atoms with van der Waals surface area (Å²) in [4.78, 5) is 0. The molecule has 0 radical (unpaired) electrons. The van der Waals surface area contributed by atoms with Crippen molar-refractivity contribution in [1.82, 2.24) is 5.32 Å². The van der Waals surface area contributed by atoms with Gasteiger partial charge in [0.1, 0.15) is 0 Å². The molecule has 1 aromatic rings. The molecule has 2 rings (SSSR count). The Morgan fingerprint density at radius 1 is 1.29 bits per heavy atom. The van der Waals surface area contributed by atoms with Gasteiger partial charge in [-0.15, -0.1) is 0 Å². The van der Waals surface area contributed by atoms with Crippen molar-refractivity contribution in [2.24, 2.45) is 5.92 Å². The van der Waals surface area contributed by atoms with Crippen LogP contribution in [0, 0.1) is 5.92 Å². The summed E-state index contributed by atoms with van der Waals surface area (Å²) in [5.74, 6) is 0.801. The maximum Gasteiger partial charge on any atom is 0.0406 e. The van der Waals surface area contributed by atoms with Crippen molar-refractivity contribution in [2.45, 2.75) is 32.2 Å². The van der Waals surface area contributed by atoms with Gasteiger partial charge in [-0.25, -0.2) is 0 Å². The second kappa shape index (κ2) is 6.23. The first-order valence-electron chi connectivity index (χ1n) is 6.39. The lowest BCUT2D eigenvalue weighted by Crippen LogP contribution is -2.26. The minimum atomic E-state index is 0.401. The molecule has 1 aromatic carbocycles. The maximum absolute atomic E-state index is 5.89. The van der Waals surface area contributed by atoms with E-state index in [0.717, 1.165) is 17.5 Å². The van der Waals surface area contributed by atoms with E-state index in [1.165, 1.54) is 24.8 Å². The lowest BCUT2D eigenvalue weighted by atomic mass is 9.94. The molecule has 1 aliphatic carbocycles. The fraction of sp³-hybridized carbons (Fsp3) is 0.467. The Hall–Kier alpha value is -0.790. The molecule has 1 nitrogen and oxygen atoms in total. The average Bonchev–Trinajstić information content (AvgIpc) is 2.38. The van der Waals surface area contributed by atoms with Crippen LogP contribution in [0.1, 0.15) is 37.8 Å². The molecule has 0 saturated heterocycles. The van der Waals surface area contributed by atoms with Crippen molar-refractivity contribution in [3.8, 4) is 0 Å². The summed E-state index contributed by atoms with van der Waals surface area (Å²) in [6, 6.07) is 8.51. The van der Waals surface area contributed by atoms with Gasteiger partial charge >= 0.3 is 0 Å². The summed E-state index contributed by atoms with van der Waals surface area (Å²) in [5, 5.41) is 4.42. The van der Waals surface area contributed by atoms with E-state index in [4.69, 9.17) is 11.6 Å². The summed E-state index contributed by atoms with van der Waals surface area (Å²) in [6.07, 6.45) is 8.38. The Kier molecular flexibility index (Phi) is 4.64. The highest BCUT2D eigenvalue weighted by Crippen LogP contribution is 2.20. The fourth-order valence-corrected chi connectivity index (χ4v) is 2.38. The van der Waals surface area contributed by atoms with Crippen molar-refractivity contribution < 1.29 is 0 Å². The molecule has 0 saturated carbocycles. The number of allylic oxidation sites excluding steroid dienone is 2. The van der Waals surface area contributed by atoms with Crippen LogP contribution in [0.5, 0.6) is 0 Å². The number of hydrogen-bond donors (Lipinski definition) is 1. The zero-order chi connectivity index (χ0) is 12.1. The van der Waals surface area contributed by atoms with E-state index >= 15 is 0 Å². The van der Waals surface area contributed by atoms with Crippen LogP contribution in [0.15, 0.2) is 36.4 Å². The number of nitrogens with one attached hydrogen (secondary N) is 1. The highest BCUT2D eigenvalue weighted by atomic mass is 35.5. The zero-order valence-corrected chi connectivity index (χ0v) is 11.1. The van der Waals surface area contributed by atoms with E-state index in [-0.39, 0.29) is 0 Å². The van der Waals surface area contributed by atoms with Gasteiger partial charge in [-0.1, -0.05) is 35.9 Å². The predicted molar refractivity (Wildman–Crippen MR) is 74.4 cm³/mol. The molecule has 2 atom stereocenters. The minimum Gasteiger partial charge on any atom is -0.310 e. The summed E-state index contributed by atoms with van der Waals surface area (Å²) in [6.45, 7) is 3.32. The predicted octanol–water partition coefficient (Wildman–Crippen LogP) is 4.35. The fourth-order valence-electron chi connectivity index (χ4n) is 2.25. The number of halogens is 1. The number of benzene rings is 1. The van der Waals surface area contributed by atoms with Crippen LogP contribution in [0.25, 0.3) is 0 Å². The summed E-state index contributed by atoms with van der Waals surface area (Å²) in [5.41, 5.74) is 1.31. The molecule has 0 spiro atoms. The Bertz CT molecular complexity index is 369. The minimum absolute atomic E-state index is 0.401. The second-order valence-electron chi connectivity index (χ2n) is 4.83. The Morgan fingerprint density at radius 2 is 2.06 bits per heavy atom. The van der Waals surface area contributed by atoms with Gasteiger partial charge in [0.25, 0.3) is 0 Å². The molecule has 0 aromatic heterocycles. The summed E-state index contributed by atoms with van der Waals surface area (Å²) < 4.78 is 0. The largest absolute Gasteiger partial charge is 0.310 e. The van der Waals surface area contributed by atoms with Crippen molar-refractivity contribution in [1.29, 1.82) is 0 Å². The molecule has 0 aliphatic heterocycles. The van der Waals surface area contributed by atoms with Gasteiger partial charge in [-0.3, -0.25) is 0 Å². The molecule has 1 unspecified atom stereocenters. The van der Waals surface area contributed by atoms with Crippen LogP contribution in [0.4, 0.5) is 0 Å². The van der Waals surface area contributed by atoms with Gasteiger partial charge < -0.3 is 5.32 Å². The molecular formula is C15H20ClN. The van der Waals surface area contributed by atoms with Crippen LogP contribution in [0.3, 0.4) is 0 Å². The van der Waals surface area contributed by atoms with Crippen LogP contribution in [0.2, 0.25) is 5.02 Å². The van der Waals surface area contributed by atoms with Crippen molar-refractivity contribution in [3.05, 3.63) is 47.0 Å². The Balaban J connectivity index is 1.82. The number of rotatable bonds is 4. The van der Waals surface area contributed by atoms with E-state index in [9.17, 15) is 0 Å². The standard InChI is InChI=1S/C15H20ClN/c1-12(14-7-9-15(16)10-8-14)17-11-13-5-3-2-4-6-13/h2-3,7-10,12-13,17H,4-6,11H2,1H3/t12-,13?/m0/s1. The average molecular weight is 250 g/mol. The van der Waals surface area contributed by atoms with E-state index in [1.54, 1.807) is 0 Å². The maximum atomic E-state index is 5.89. The number of hydrogen-bond acceptors (Lipinski definition) is 1. The van der Waals surface area contributed by atoms with Gasteiger partial charge in [-0.2, -0.15) is 0 Å². The van der Waals surface area contributed by atoms with E-state index in [0.29, 0.717) is 6.04 Å². The van der Waals surface area contributed by atoms with Crippen LogP contribution in [-0.2, 0) is 0 Å². The third kappa shape index (κ3) is 3.86. The quantitative estimate of drug-likeness (QED) is 0.783. The first kappa shape index (κ1) is 12.7. The molecule has 0 bridgehead atoms. The van der Waals surface area contributed by atoms with Crippen molar-refractivity contribution >= 4 is 11.6 Å². The van der Waals surface area contributed by atoms with Crippen LogP contribution in [-0.4, -0.2) is 6.54 Å². The summed E-state index contributed by atoms with van der Waals surface area (Å²) >= 11 is 5.89. The topological polar surface area (TPSA) is 12.0 Å². The van der Waals surface area contributed by atoms with E-state index in [2.05, 4.69) is 36.5 Å². The molecule has 1 aliphatic rings. The smallest absolute Gasteiger partial charge is 0.0406 e. The first-order valence-corrected chi connectivity index (χ1v) is 6.77. The van der Waals surface area contributed by atoms with E-state index < -0.39 is 0 Å². The second-order valence-corrected chi connectivity index (χ2v) is 5.27. The molecule has 1 N–H and O–H groups in total. The van der Waals surface area contributed by atoms with Gasteiger partial charge in [0.2, 0.25) is 0 Å². The highest BCUT2D eigenvalue weighted by Gasteiger charge is 2.11. The molecule has 2 heteroatoms. The molecule has 92 valence electrons. The SMILES string of the molecule is C[C@H](NCC1CC=CCC1)c1ccc(Cl)cc1. The first-order chi connectivity index (χ1) is 8.25. The molecule has 0 fully saturated rings. The normalized spacial score (nSPS) is 21.4. The third-order valence-electron chi connectivity index (χ3n) is 3.46. The zero-order valence-electron chi connectivity index (χ0n) is 10.3. The van der Waals surface area contributed by atoms with Crippen LogP contribution >= 0.6 is 11.6 Å². The van der Waals surface area contributed by atoms with Gasteiger partial charge in [0.05, 0.1) is 0 Å². The molecule has 0 heterocycles. The molecule has 17 heavy (non-hydrogen) atoms. The van der Waals surface area contributed by atoms with E-state index in [1.807, 2.05) is 12.1 Å². The van der Waals surface area contributed by atoms with Crippen LogP contribution < -0.4 is 5.32 Å². The Labute approximate surface area is 109 Å². The molecule has 0 amide bonds. The van der Waals surface area contributed by atoms with Gasteiger partial charge in [0, 0.05) is 11.1 Å². The lowest BCUT2D eigenvalue weighted by Gasteiger charge is -2.21. The third-order valence-corrected chi connectivity index (χ3v) is 3.71. The highest BCUT2D eigenvalue weighted by molar-refractivity contribution is 6.30. The van der Waals surface area contributed by atoms with Crippen molar-refractivity contribution in [3.63, 3.8) is 0 Å². The van der Waals surface area contributed by atoms with Crippen molar-refractivity contribution in [2.75, 3.05) is 6.54 Å². The van der Waals surface area contributed by atoms with Gasteiger partial charge in [0.15, 0.2) is 0 Å². The molecular weight excluding hydrogens is 230 g/mol. The summed E-state index contributed by atoms with van der Waals surface area (Å²) in [7, 11) is 0. The Morgan fingerprint density at radius 3 is 2.71 bits per heavy atom. The monoisotopic (exact) mass is 249 g/mol.